The largest absolute Gasteiger partial charge is 0.452 e. The summed E-state index contributed by atoms with van der Waals surface area (Å²) in [5.41, 5.74) is 1.86. The molecule has 0 aromatic heterocycles. The molecule has 0 spiro atoms. The maximum Gasteiger partial charge on any atom is 0.338 e. The number of fused-ring (bicyclic) bond motifs is 1. The smallest absolute Gasteiger partial charge is 0.338 e. The minimum atomic E-state index is -0.608. The van der Waals surface area contributed by atoms with Crippen LogP contribution in [0.2, 0.25) is 0 Å². The number of nitrogens with one attached hydrogen (secondary N) is 2. The first-order valence-electron chi connectivity index (χ1n) is 8.61. The highest BCUT2D eigenvalue weighted by atomic mass is 32.2. The van der Waals surface area contributed by atoms with Crippen LogP contribution in [-0.4, -0.2) is 30.1 Å². The molecule has 0 saturated heterocycles. The van der Waals surface area contributed by atoms with Crippen molar-refractivity contribution in [1.82, 2.24) is 5.32 Å². The molecule has 0 aliphatic carbocycles. The summed E-state index contributed by atoms with van der Waals surface area (Å²) in [6.07, 6.45) is 0.429. The molecule has 1 aliphatic heterocycles. The van der Waals surface area contributed by atoms with Gasteiger partial charge in [0.15, 0.2) is 6.61 Å². The van der Waals surface area contributed by atoms with Crippen molar-refractivity contribution in [2.24, 2.45) is 0 Å². The van der Waals surface area contributed by atoms with Crippen LogP contribution in [0.15, 0.2) is 53.4 Å². The van der Waals surface area contributed by atoms with Crippen LogP contribution >= 0.6 is 11.8 Å². The summed E-state index contributed by atoms with van der Waals surface area (Å²) in [4.78, 5) is 36.8. The summed E-state index contributed by atoms with van der Waals surface area (Å²) < 4.78 is 5.11. The van der Waals surface area contributed by atoms with Crippen LogP contribution in [0.1, 0.15) is 35.3 Å². The monoisotopic (exact) mass is 384 g/mol. The average Bonchev–Trinajstić information content (AvgIpc) is 2.86. The molecule has 140 valence electrons. The molecule has 2 N–H and O–H groups in total. The van der Waals surface area contributed by atoms with Crippen LogP contribution in [-0.2, 0) is 14.3 Å². The molecule has 2 amide bonds. The standard InChI is InChI=1S/C20H20N2O4S/c1-13(14-5-3-2-4-6-14)21-19(24)12-26-20(25)15-7-8-17-16(11-15)22-18(23)9-10-27-17/h2-8,11,13H,9-10,12H2,1H3,(H,21,24)(H,22,23)/t13-/m0/s1. The highest BCUT2D eigenvalue weighted by Gasteiger charge is 2.17. The number of amides is 2. The quantitative estimate of drug-likeness (QED) is 0.774. The van der Waals surface area contributed by atoms with Gasteiger partial charge in [-0.15, -0.1) is 11.8 Å². The summed E-state index contributed by atoms with van der Waals surface area (Å²) in [7, 11) is 0. The van der Waals surface area contributed by atoms with Crippen LogP contribution in [0, 0.1) is 0 Å². The Morgan fingerprint density at radius 2 is 2.00 bits per heavy atom. The fourth-order valence-electron chi connectivity index (χ4n) is 2.67. The predicted octanol–water partition coefficient (Wildman–Crippen LogP) is 3.16. The van der Waals surface area contributed by atoms with Gasteiger partial charge < -0.3 is 15.4 Å². The number of rotatable bonds is 5. The molecule has 2 aromatic carbocycles. The zero-order valence-corrected chi connectivity index (χ0v) is 15.7. The Balaban J connectivity index is 1.56. The van der Waals surface area contributed by atoms with Gasteiger partial charge in [0, 0.05) is 17.1 Å². The second-order valence-corrected chi connectivity index (χ2v) is 7.27. The van der Waals surface area contributed by atoms with E-state index in [1.165, 1.54) is 0 Å². The number of hydrogen-bond donors (Lipinski definition) is 2. The van der Waals surface area contributed by atoms with Gasteiger partial charge in [0.05, 0.1) is 17.3 Å². The van der Waals surface area contributed by atoms with Crippen molar-refractivity contribution < 1.29 is 19.1 Å². The fraction of sp³-hybridized carbons (Fsp3) is 0.250. The summed E-state index contributed by atoms with van der Waals surface area (Å²) in [5, 5.41) is 5.57. The van der Waals surface area contributed by atoms with Gasteiger partial charge in [-0.3, -0.25) is 9.59 Å². The lowest BCUT2D eigenvalue weighted by molar-refractivity contribution is -0.124. The lowest BCUT2D eigenvalue weighted by Crippen LogP contribution is -2.31. The summed E-state index contributed by atoms with van der Waals surface area (Å²) in [6.45, 7) is 1.50. The van der Waals surface area contributed by atoms with E-state index in [-0.39, 0.29) is 24.5 Å². The second kappa shape index (κ2) is 8.73. The Kier molecular flexibility index (Phi) is 6.13. The van der Waals surface area contributed by atoms with Crippen LogP contribution in [0.5, 0.6) is 0 Å². The number of hydrogen-bond acceptors (Lipinski definition) is 5. The molecule has 3 rings (SSSR count). The van der Waals surface area contributed by atoms with Gasteiger partial charge in [0.25, 0.3) is 5.91 Å². The molecule has 6 nitrogen and oxygen atoms in total. The molecule has 1 atom stereocenters. The van der Waals surface area contributed by atoms with Gasteiger partial charge in [-0.2, -0.15) is 0 Å². The molecular weight excluding hydrogens is 364 g/mol. The van der Waals surface area contributed by atoms with Crippen molar-refractivity contribution >= 4 is 35.2 Å². The summed E-state index contributed by atoms with van der Waals surface area (Å²) >= 11 is 1.56. The van der Waals surface area contributed by atoms with Crippen molar-refractivity contribution in [1.29, 1.82) is 0 Å². The maximum atomic E-state index is 12.2. The van der Waals surface area contributed by atoms with Gasteiger partial charge in [-0.05, 0) is 30.7 Å². The first-order chi connectivity index (χ1) is 13.0. The molecule has 0 bridgehead atoms. The molecule has 0 saturated carbocycles. The lowest BCUT2D eigenvalue weighted by atomic mass is 10.1. The van der Waals surface area contributed by atoms with Crippen LogP contribution in [0.3, 0.4) is 0 Å². The second-order valence-electron chi connectivity index (χ2n) is 6.13. The summed E-state index contributed by atoms with van der Waals surface area (Å²) in [6, 6.07) is 14.3. The van der Waals surface area contributed by atoms with Crippen molar-refractivity contribution in [3.63, 3.8) is 0 Å². The Morgan fingerprint density at radius 1 is 1.22 bits per heavy atom. The molecule has 27 heavy (non-hydrogen) atoms. The van der Waals surface area contributed by atoms with E-state index < -0.39 is 5.97 Å². The van der Waals surface area contributed by atoms with Crippen LogP contribution in [0.25, 0.3) is 0 Å². The minimum Gasteiger partial charge on any atom is -0.452 e. The normalized spacial score (nSPS) is 14.3. The molecule has 0 unspecified atom stereocenters. The minimum absolute atomic E-state index is 0.0824. The van der Waals surface area contributed by atoms with Crippen molar-refractivity contribution in [2.75, 3.05) is 17.7 Å². The number of anilines is 1. The van der Waals surface area contributed by atoms with Crippen molar-refractivity contribution in [2.45, 2.75) is 24.3 Å². The number of ether oxygens (including phenoxy) is 1. The van der Waals surface area contributed by atoms with Crippen molar-refractivity contribution in [3.05, 3.63) is 59.7 Å². The fourth-order valence-corrected chi connectivity index (χ4v) is 3.61. The van der Waals surface area contributed by atoms with E-state index >= 15 is 0 Å². The molecule has 0 fully saturated rings. The molecule has 1 aliphatic rings. The number of esters is 1. The molecule has 2 aromatic rings. The van der Waals surface area contributed by atoms with Gasteiger partial charge in [0.2, 0.25) is 5.91 Å². The first kappa shape index (κ1) is 19.0. The van der Waals surface area contributed by atoms with Crippen LogP contribution < -0.4 is 10.6 Å². The lowest BCUT2D eigenvalue weighted by Gasteiger charge is -2.14. The van der Waals surface area contributed by atoms with Gasteiger partial charge >= 0.3 is 5.97 Å². The van der Waals surface area contributed by atoms with E-state index in [1.54, 1.807) is 30.0 Å². The van der Waals surface area contributed by atoms with Gasteiger partial charge in [-0.1, -0.05) is 30.3 Å². The van der Waals surface area contributed by atoms with E-state index in [0.29, 0.717) is 23.4 Å². The predicted molar refractivity (Wildman–Crippen MR) is 104 cm³/mol. The molecule has 1 heterocycles. The topological polar surface area (TPSA) is 84.5 Å². The average molecular weight is 384 g/mol. The van der Waals surface area contributed by atoms with Gasteiger partial charge in [0.1, 0.15) is 0 Å². The Hall–Kier alpha value is -2.80. The zero-order chi connectivity index (χ0) is 19.2. The Bertz CT molecular complexity index is 854. The van der Waals surface area contributed by atoms with Crippen molar-refractivity contribution in [3.8, 4) is 0 Å². The third-order valence-corrected chi connectivity index (χ3v) is 5.16. The van der Waals surface area contributed by atoms with Crippen LogP contribution in [0.4, 0.5) is 5.69 Å². The number of benzene rings is 2. The maximum absolute atomic E-state index is 12.2. The number of carbonyl (C=O) groups excluding carboxylic acids is 3. The van der Waals surface area contributed by atoms with E-state index in [0.717, 1.165) is 10.5 Å². The van der Waals surface area contributed by atoms with E-state index in [1.807, 2.05) is 37.3 Å². The number of thioether (sulfide) groups is 1. The SMILES string of the molecule is C[C@H](NC(=O)COC(=O)c1ccc2c(c1)NC(=O)CCS2)c1ccccc1. The molecule has 0 radical (unpaired) electrons. The van der Waals surface area contributed by atoms with E-state index in [9.17, 15) is 14.4 Å². The molecular formula is C20H20N2O4S. The third-order valence-electron chi connectivity index (χ3n) is 4.09. The Morgan fingerprint density at radius 3 is 2.78 bits per heavy atom. The van der Waals surface area contributed by atoms with E-state index in [2.05, 4.69) is 10.6 Å². The summed E-state index contributed by atoms with van der Waals surface area (Å²) in [5.74, 6) is -0.370. The first-order valence-corrected chi connectivity index (χ1v) is 9.59. The van der Waals surface area contributed by atoms with E-state index in [4.69, 9.17) is 4.74 Å². The molecule has 7 heteroatoms. The highest BCUT2D eigenvalue weighted by Crippen LogP contribution is 2.31. The highest BCUT2D eigenvalue weighted by molar-refractivity contribution is 7.99. The van der Waals surface area contributed by atoms with Gasteiger partial charge in [-0.25, -0.2) is 4.79 Å². The third kappa shape index (κ3) is 5.10. The Labute approximate surface area is 161 Å². The zero-order valence-electron chi connectivity index (χ0n) is 14.9. The number of carbonyl (C=O) groups is 3.